The van der Waals surface area contributed by atoms with Crippen molar-refractivity contribution in [3.05, 3.63) is 58.8 Å². The van der Waals surface area contributed by atoms with E-state index in [9.17, 15) is 9.59 Å². The number of anilines is 1. The number of rotatable bonds is 11. The first kappa shape index (κ1) is 30.5. The van der Waals surface area contributed by atoms with E-state index < -0.39 is 44.3 Å². The highest BCUT2D eigenvalue weighted by atomic mass is 28.4. The van der Waals surface area contributed by atoms with E-state index in [1.54, 1.807) is 10.9 Å². The number of amides is 1. The first-order valence-electron chi connectivity index (χ1n) is 13.6. The zero-order valence-corrected chi connectivity index (χ0v) is 24.8. The molecule has 11 nitrogen and oxygen atoms in total. The second-order valence-electron chi connectivity index (χ2n) is 11.0. The number of benzene rings is 1. The Kier molecular flexibility index (Phi) is 9.34. The van der Waals surface area contributed by atoms with Gasteiger partial charge in [-0.25, -0.2) is 23.1 Å². The Hall–Kier alpha value is -3.49. The highest BCUT2D eigenvalue weighted by Gasteiger charge is 2.58. The Bertz CT molecular complexity index is 1390. The number of hydrogen-bond donors (Lipinski definition) is 1. The molecule has 14 heteroatoms. The van der Waals surface area contributed by atoms with Crippen molar-refractivity contribution < 1.29 is 27.5 Å². The van der Waals surface area contributed by atoms with E-state index in [4.69, 9.17) is 13.9 Å². The minimum absolute atomic E-state index is 0.0188. The number of carbonyl (C=O) groups excluding carboxylic acids is 1. The second kappa shape index (κ2) is 12.6. The van der Waals surface area contributed by atoms with Crippen LogP contribution in [0.1, 0.15) is 38.5 Å². The lowest BCUT2D eigenvalue weighted by Gasteiger charge is -2.23. The van der Waals surface area contributed by atoms with Crippen molar-refractivity contribution in [1.29, 1.82) is 0 Å². The van der Waals surface area contributed by atoms with Gasteiger partial charge in [0.2, 0.25) is 6.23 Å². The molecule has 0 spiro atoms. The average molecular weight is 591 g/mol. The van der Waals surface area contributed by atoms with Crippen LogP contribution in [0.4, 0.5) is 19.4 Å². The number of ether oxygens (including phenoxy) is 2. The van der Waals surface area contributed by atoms with Crippen molar-refractivity contribution >= 4 is 20.2 Å². The SMILES string of the molecule is CCCCOC(=O)Nc1nc(=O)n([C@@H]2O[C@H](CO[Si](C)(C)C)C(C)C2(F)F)cc1-c1cn(Cc2ccccc2)nn1. The fourth-order valence-corrected chi connectivity index (χ4v) is 4.91. The molecule has 3 heterocycles. The van der Waals surface area contributed by atoms with Gasteiger partial charge in [0, 0.05) is 6.20 Å². The Labute approximate surface area is 238 Å². The fraction of sp³-hybridized carbons (Fsp3) is 0.519. The maximum Gasteiger partial charge on any atom is 0.412 e. The van der Waals surface area contributed by atoms with Gasteiger partial charge in [-0.15, -0.1) is 5.10 Å². The third kappa shape index (κ3) is 7.43. The van der Waals surface area contributed by atoms with Crippen LogP contribution >= 0.6 is 0 Å². The highest BCUT2D eigenvalue weighted by molar-refractivity contribution is 6.69. The molecule has 41 heavy (non-hydrogen) atoms. The third-order valence-corrected chi connectivity index (χ3v) is 7.67. The Morgan fingerprint density at radius 3 is 2.61 bits per heavy atom. The summed E-state index contributed by atoms with van der Waals surface area (Å²) >= 11 is 0. The predicted molar refractivity (Wildman–Crippen MR) is 150 cm³/mol. The van der Waals surface area contributed by atoms with Gasteiger partial charge >= 0.3 is 11.8 Å². The number of unbranched alkanes of at least 4 members (excludes halogenated alkanes) is 1. The fourth-order valence-electron chi connectivity index (χ4n) is 4.24. The molecule has 1 amide bonds. The molecule has 222 valence electrons. The zero-order valence-electron chi connectivity index (χ0n) is 23.8. The Balaban J connectivity index is 1.69. The number of carbonyl (C=O) groups is 1. The first-order valence-corrected chi connectivity index (χ1v) is 17.0. The van der Waals surface area contributed by atoms with Gasteiger partial charge in [-0.1, -0.05) is 55.8 Å². The van der Waals surface area contributed by atoms with Gasteiger partial charge in [-0.05, 0) is 31.6 Å². The van der Waals surface area contributed by atoms with E-state index in [1.165, 1.54) is 13.1 Å². The molecule has 3 aromatic rings. The molecule has 1 aliphatic heterocycles. The number of aromatic nitrogens is 5. The molecule has 0 bridgehead atoms. The predicted octanol–water partition coefficient (Wildman–Crippen LogP) is 4.92. The summed E-state index contributed by atoms with van der Waals surface area (Å²) < 4.78 is 50.1. The summed E-state index contributed by atoms with van der Waals surface area (Å²) in [7, 11) is -2.00. The summed E-state index contributed by atoms with van der Waals surface area (Å²) in [6.45, 7) is 9.71. The molecule has 1 unspecified atom stereocenters. The second-order valence-corrected chi connectivity index (χ2v) is 15.5. The summed E-state index contributed by atoms with van der Waals surface area (Å²) in [4.78, 5) is 29.5. The standard InChI is InChI=1S/C27H36F2N6O5Si/c1-6-7-13-38-26(37)31-23-20(21-16-34(33-32-21)14-19-11-9-8-10-12-19)15-35(25(36)30-23)24-27(28,29)18(2)22(40-24)17-39-41(3,4)5/h8-12,15-16,18,22,24H,6-7,13-14,17H2,1-5H3,(H,30,31,36,37)/t18?,22-,24-/m1/s1. The molecule has 0 radical (unpaired) electrons. The van der Waals surface area contributed by atoms with E-state index in [1.807, 2.05) is 56.9 Å². The monoisotopic (exact) mass is 590 g/mol. The number of hydrogen-bond acceptors (Lipinski definition) is 8. The maximum absolute atomic E-state index is 15.5. The number of alkyl halides is 2. The number of halogens is 2. The topological polar surface area (TPSA) is 122 Å². The molecule has 1 aliphatic rings. The quantitative estimate of drug-likeness (QED) is 0.247. The van der Waals surface area contributed by atoms with Crippen LogP contribution in [0.2, 0.25) is 19.6 Å². The first-order chi connectivity index (χ1) is 19.4. The molecule has 1 saturated heterocycles. The van der Waals surface area contributed by atoms with Crippen LogP contribution in [0.15, 0.2) is 47.5 Å². The van der Waals surface area contributed by atoms with Crippen LogP contribution in [0.5, 0.6) is 0 Å². The van der Waals surface area contributed by atoms with Crippen molar-refractivity contribution in [2.24, 2.45) is 5.92 Å². The van der Waals surface area contributed by atoms with E-state index in [0.29, 0.717) is 13.0 Å². The molecule has 0 aliphatic carbocycles. The minimum atomic E-state index is -3.41. The third-order valence-electron chi connectivity index (χ3n) is 6.64. The van der Waals surface area contributed by atoms with Crippen LogP contribution in [0.25, 0.3) is 11.3 Å². The van der Waals surface area contributed by atoms with E-state index in [-0.39, 0.29) is 30.3 Å². The van der Waals surface area contributed by atoms with Crippen molar-refractivity contribution in [2.45, 2.75) is 71.1 Å². The largest absolute Gasteiger partial charge is 0.449 e. The van der Waals surface area contributed by atoms with Gasteiger partial charge in [0.25, 0.3) is 5.92 Å². The highest BCUT2D eigenvalue weighted by Crippen LogP contribution is 2.46. The lowest BCUT2D eigenvalue weighted by Crippen LogP contribution is -2.38. The molecular weight excluding hydrogens is 554 g/mol. The molecule has 1 aromatic carbocycles. The molecule has 4 rings (SSSR count). The normalized spacial score (nSPS) is 20.2. The maximum atomic E-state index is 15.5. The lowest BCUT2D eigenvalue weighted by molar-refractivity contribution is -0.126. The van der Waals surface area contributed by atoms with Crippen LogP contribution in [0, 0.1) is 5.92 Å². The lowest BCUT2D eigenvalue weighted by atomic mass is 10.00. The number of nitrogens with zero attached hydrogens (tertiary/aromatic N) is 5. The van der Waals surface area contributed by atoms with Gasteiger partial charge in [0.05, 0.1) is 43.5 Å². The molecule has 1 N–H and O–H groups in total. The summed E-state index contributed by atoms with van der Waals surface area (Å²) in [6, 6.07) is 9.52. The van der Waals surface area contributed by atoms with Gasteiger partial charge in [-0.3, -0.25) is 9.88 Å². The molecule has 3 atom stereocenters. The summed E-state index contributed by atoms with van der Waals surface area (Å²) in [5.41, 5.74) is 0.242. The van der Waals surface area contributed by atoms with Crippen LogP contribution in [-0.2, 0) is 20.4 Å². The van der Waals surface area contributed by atoms with E-state index >= 15 is 8.78 Å². The summed E-state index contributed by atoms with van der Waals surface area (Å²) in [5, 5.41) is 10.8. The van der Waals surface area contributed by atoms with Gasteiger partial charge < -0.3 is 13.9 Å². The van der Waals surface area contributed by atoms with Crippen LogP contribution < -0.4 is 11.0 Å². The van der Waals surface area contributed by atoms with Crippen molar-refractivity contribution in [1.82, 2.24) is 24.5 Å². The van der Waals surface area contributed by atoms with Crippen molar-refractivity contribution in [3.8, 4) is 11.3 Å². The van der Waals surface area contributed by atoms with Gasteiger partial charge in [0.15, 0.2) is 14.1 Å². The van der Waals surface area contributed by atoms with Crippen LogP contribution in [0.3, 0.4) is 0 Å². The molecular formula is C27H36F2N6O5Si. The van der Waals surface area contributed by atoms with E-state index in [2.05, 4.69) is 20.6 Å². The van der Waals surface area contributed by atoms with Crippen LogP contribution in [-0.4, -0.2) is 64.2 Å². The summed E-state index contributed by atoms with van der Waals surface area (Å²) in [5.74, 6) is -4.82. The molecule has 2 aromatic heterocycles. The summed E-state index contributed by atoms with van der Waals surface area (Å²) in [6.07, 6.45) is 0.508. The minimum Gasteiger partial charge on any atom is -0.449 e. The Morgan fingerprint density at radius 2 is 1.93 bits per heavy atom. The Morgan fingerprint density at radius 1 is 1.20 bits per heavy atom. The average Bonchev–Trinajstić information content (AvgIpc) is 3.45. The van der Waals surface area contributed by atoms with Gasteiger partial charge in [0.1, 0.15) is 5.69 Å². The smallest absolute Gasteiger partial charge is 0.412 e. The van der Waals surface area contributed by atoms with Crippen molar-refractivity contribution in [2.75, 3.05) is 18.5 Å². The molecule has 1 fully saturated rings. The molecule has 0 saturated carbocycles. The zero-order chi connectivity index (χ0) is 29.8. The van der Waals surface area contributed by atoms with Crippen molar-refractivity contribution in [3.63, 3.8) is 0 Å². The van der Waals surface area contributed by atoms with E-state index in [0.717, 1.165) is 16.6 Å². The number of nitrogens with one attached hydrogen (secondary N) is 1. The van der Waals surface area contributed by atoms with Gasteiger partial charge in [-0.2, -0.15) is 4.98 Å².